The van der Waals surface area contributed by atoms with E-state index in [2.05, 4.69) is 39.0 Å². The summed E-state index contributed by atoms with van der Waals surface area (Å²) in [6.45, 7) is 6.68. The number of rotatable bonds is 1. The normalized spacial score (nSPS) is 23.1. The van der Waals surface area contributed by atoms with Gasteiger partial charge < -0.3 is 4.74 Å². The van der Waals surface area contributed by atoms with Crippen LogP contribution in [0.25, 0.3) is 0 Å². The lowest BCUT2D eigenvalue weighted by Crippen LogP contribution is -2.05. The number of fused-ring (bicyclic) bond motifs is 1. The SMILES string of the molecule is COc1cc2c(cc1C)C/C(C)=C\CC[C@H]2C. The van der Waals surface area contributed by atoms with Crippen molar-refractivity contribution in [3.8, 4) is 5.75 Å². The van der Waals surface area contributed by atoms with Gasteiger partial charge in [-0.05, 0) is 61.8 Å². The maximum absolute atomic E-state index is 5.44. The Kier molecular flexibility index (Phi) is 3.56. The first-order chi connectivity index (χ1) is 8.11. The molecule has 0 unspecified atom stereocenters. The van der Waals surface area contributed by atoms with Crippen molar-refractivity contribution in [3.63, 3.8) is 0 Å². The molecule has 0 aliphatic heterocycles. The minimum atomic E-state index is 0.629. The minimum absolute atomic E-state index is 0.629. The Hall–Kier alpha value is -1.24. The first-order valence-electron chi connectivity index (χ1n) is 6.45. The highest BCUT2D eigenvalue weighted by atomic mass is 16.5. The van der Waals surface area contributed by atoms with Gasteiger partial charge in [-0.2, -0.15) is 0 Å². The Morgan fingerprint density at radius 3 is 2.71 bits per heavy atom. The largest absolute Gasteiger partial charge is 0.496 e. The molecule has 1 aromatic carbocycles. The Morgan fingerprint density at radius 2 is 2.00 bits per heavy atom. The van der Waals surface area contributed by atoms with Gasteiger partial charge in [-0.15, -0.1) is 0 Å². The van der Waals surface area contributed by atoms with Gasteiger partial charge in [0.15, 0.2) is 0 Å². The maximum Gasteiger partial charge on any atom is 0.122 e. The number of allylic oxidation sites excluding steroid dienone is 2. The van der Waals surface area contributed by atoms with Crippen LogP contribution in [0.5, 0.6) is 5.75 Å². The number of ether oxygens (including phenoxy) is 1. The van der Waals surface area contributed by atoms with E-state index in [1.165, 1.54) is 35.1 Å². The average molecular weight is 230 g/mol. The van der Waals surface area contributed by atoms with E-state index in [1.54, 1.807) is 7.11 Å². The molecule has 0 bridgehead atoms. The molecule has 0 saturated heterocycles. The van der Waals surface area contributed by atoms with Crippen molar-refractivity contribution in [2.75, 3.05) is 7.11 Å². The molecular formula is C16H22O. The monoisotopic (exact) mass is 230 g/mol. The maximum atomic E-state index is 5.44. The first kappa shape index (κ1) is 12.2. The molecule has 0 aromatic heterocycles. The zero-order valence-corrected chi connectivity index (χ0v) is 11.3. The molecule has 0 saturated carbocycles. The number of methoxy groups -OCH3 is 1. The van der Waals surface area contributed by atoms with Crippen molar-refractivity contribution < 1.29 is 4.74 Å². The molecule has 0 amide bonds. The van der Waals surface area contributed by atoms with E-state index in [9.17, 15) is 0 Å². The summed E-state index contributed by atoms with van der Waals surface area (Å²) in [5, 5.41) is 0. The lowest BCUT2D eigenvalue weighted by atomic mass is 9.85. The summed E-state index contributed by atoms with van der Waals surface area (Å²) >= 11 is 0. The van der Waals surface area contributed by atoms with Gasteiger partial charge in [-0.25, -0.2) is 0 Å². The second kappa shape index (κ2) is 4.95. The average Bonchev–Trinajstić information content (AvgIpc) is 2.27. The Bertz CT molecular complexity index is 443. The van der Waals surface area contributed by atoms with Crippen LogP contribution < -0.4 is 4.74 Å². The molecule has 0 fully saturated rings. The molecule has 1 aliphatic rings. The molecule has 0 spiro atoms. The number of hydrogen-bond donors (Lipinski definition) is 0. The summed E-state index contributed by atoms with van der Waals surface area (Å²) < 4.78 is 5.44. The topological polar surface area (TPSA) is 9.23 Å². The van der Waals surface area contributed by atoms with Crippen molar-refractivity contribution in [1.29, 1.82) is 0 Å². The zero-order valence-electron chi connectivity index (χ0n) is 11.3. The van der Waals surface area contributed by atoms with Crippen LogP contribution in [0.2, 0.25) is 0 Å². The Morgan fingerprint density at radius 1 is 1.24 bits per heavy atom. The molecule has 1 nitrogen and oxygen atoms in total. The predicted octanol–water partition coefficient (Wildman–Crippen LogP) is 4.39. The van der Waals surface area contributed by atoms with Gasteiger partial charge >= 0.3 is 0 Å². The third-order valence-electron chi connectivity index (χ3n) is 3.75. The molecule has 92 valence electrons. The van der Waals surface area contributed by atoms with Gasteiger partial charge in [-0.3, -0.25) is 0 Å². The highest BCUT2D eigenvalue weighted by molar-refractivity contribution is 5.45. The lowest BCUT2D eigenvalue weighted by Gasteiger charge is -2.21. The number of hydrogen-bond acceptors (Lipinski definition) is 1. The van der Waals surface area contributed by atoms with E-state index in [4.69, 9.17) is 4.74 Å². The highest BCUT2D eigenvalue weighted by Gasteiger charge is 2.15. The summed E-state index contributed by atoms with van der Waals surface area (Å²) in [6.07, 6.45) is 5.91. The van der Waals surface area contributed by atoms with Crippen molar-refractivity contribution >= 4 is 0 Å². The van der Waals surface area contributed by atoms with Crippen molar-refractivity contribution in [1.82, 2.24) is 0 Å². The summed E-state index contributed by atoms with van der Waals surface area (Å²) in [5.41, 5.74) is 5.68. The predicted molar refractivity (Wildman–Crippen MR) is 72.8 cm³/mol. The van der Waals surface area contributed by atoms with E-state index in [0.717, 1.165) is 12.2 Å². The van der Waals surface area contributed by atoms with E-state index in [1.807, 2.05) is 0 Å². The first-order valence-corrected chi connectivity index (χ1v) is 6.45. The van der Waals surface area contributed by atoms with Crippen molar-refractivity contribution in [3.05, 3.63) is 40.5 Å². The van der Waals surface area contributed by atoms with Gasteiger partial charge in [0.2, 0.25) is 0 Å². The van der Waals surface area contributed by atoms with E-state index in [-0.39, 0.29) is 0 Å². The Labute approximate surface area is 104 Å². The van der Waals surface area contributed by atoms with Crippen LogP contribution >= 0.6 is 0 Å². The molecule has 2 rings (SSSR count). The Balaban J connectivity index is 2.50. The second-order valence-corrected chi connectivity index (χ2v) is 5.23. The third kappa shape index (κ3) is 2.54. The third-order valence-corrected chi connectivity index (χ3v) is 3.75. The molecule has 1 atom stereocenters. The van der Waals surface area contributed by atoms with Crippen LogP contribution in [0, 0.1) is 6.92 Å². The van der Waals surface area contributed by atoms with Crippen LogP contribution in [0.3, 0.4) is 0 Å². The molecule has 0 radical (unpaired) electrons. The fourth-order valence-corrected chi connectivity index (χ4v) is 2.70. The van der Waals surface area contributed by atoms with Gasteiger partial charge in [0.05, 0.1) is 7.11 Å². The molecule has 0 N–H and O–H groups in total. The van der Waals surface area contributed by atoms with Crippen LogP contribution in [-0.4, -0.2) is 7.11 Å². The van der Waals surface area contributed by atoms with Crippen molar-refractivity contribution in [2.45, 2.75) is 46.0 Å². The molecule has 1 aliphatic carbocycles. The van der Waals surface area contributed by atoms with E-state index < -0.39 is 0 Å². The summed E-state index contributed by atoms with van der Waals surface area (Å²) in [5.74, 6) is 1.65. The molecule has 0 heterocycles. The zero-order chi connectivity index (χ0) is 12.4. The molecule has 1 heteroatoms. The smallest absolute Gasteiger partial charge is 0.122 e. The molecule has 1 aromatic rings. The van der Waals surface area contributed by atoms with Crippen LogP contribution in [-0.2, 0) is 6.42 Å². The van der Waals surface area contributed by atoms with Crippen LogP contribution in [0.15, 0.2) is 23.8 Å². The highest BCUT2D eigenvalue weighted by Crippen LogP contribution is 2.33. The van der Waals surface area contributed by atoms with Gasteiger partial charge in [0.25, 0.3) is 0 Å². The lowest BCUT2D eigenvalue weighted by molar-refractivity contribution is 0.410. The van der Waals surface area contributed by atoms with Crippen LogP contribution in [0.4, 0.5) is 0 Å². The standard InChI is InChI=1S/C16H22O/c1-11-6-5-7-12(2)15-10-16(17-4)13(3)9-14(15)8-11/h6,9-10,12H,5,7-8H2,1-4H3/b11-6-/t12-/m1/s1. The number of aryl methyl sites for hydroxylation is 1. The molecular weight excluding hydrogens is 208 g/mol. The summed E-state index contributed by atoms with van der Waals surface area (Å²) in [6, 6.07) is 4.54. The molecule has 17 heavy (non-hydrogen) atoms. The fraction of sp³-hybridized carbons (Fsp3) is 0.500. The van der Waals surface area contributed by atoms with E-state index >= 15 is 0 Å². The van der Waals surface area contributed by atoms with Gasteiger partial charge in [-0.1, -0.05) is 24.6 Å². The van der Waals surface area contributed by atoms with Crippen LogP contribution in [0.1, 0.15) is 49.3 Å². The summed E-state index contributed by atoms with van der Waals surface area (Å²) in [7, 11) is 1.76. The number of benzene rings is 1. The van der Waals surface area contributed by atoms with Gasteiger partial charge in [0, 0.05) is 0 Å². The van der Waals surface area contributed by atoms with E-state index in [0.29, 0.717) is 5.92 Å². The second-order valence-electron chi connectivity index (χ2n) is 5.23. The van der Waals surface area contributed by atoms with Crippen molar-refractivity contribution in [2.24, 2.45) is 0 Å². The quantitative estimate of drug-likeness (QED) is 0.650. The summed E-state index contributed by atoms with van der Waals surface area (Å²) in [4.78, 5) is 0. The minimum Gasteiger partial charge on any atom is -0.496 e. The van der Waals surface area contributed by atoms with Gasteiger partial charge in [0.1, 0.15) is 5.75 Å². The fourth-order valence-electron chi connectivity index (χ4n) is 2.70.